The molecule has 4 rings (SSSR count). The van der Waals surface area contributed by atoms with E-state index in [1.54, 1.807) is 40.1 Å². The smallest absolute Gasteiger partial charge is 0.339 e. The quantitative estimate of drug-likeness (QED) is 0.690. The van der Waals surface area contributed by atoms with Crippen molar-refractivity contribution < 1.29 is 19.1 Å². The van der Waals surface area contributed by atoms with Crippen molar-refractivity contribution >= 4 is 17.8 Å². The van der Waals surface area contributed by atoms with E-state index in [0.717, 1.165) is 31.4 Å². The minimum absolute atomic E-state index is 0.142. The molecule has 2 saturated heterocycles. The Labute approximate surface area is 176 Å². The van der Waals surface area contributed by atoms with Crippen LogP contribution in [-0.4, -0.2) is 47.2 Å². The van der Waals surface area contributed by atoms with Crippen molar-refractivity contribution in [2.24, 2.45) is 0 Å². The van der Waals surface area contributed by atoms with Gasteiger partial charge in [-0.3, -0.25) is 9.59 Å². The van der Waals surface area contributed by atoms with Gasteiger partial charge < -0.3 is 14.5 Å². The summed E-state index contributed by atoms with van der Waals surface area (Å²) in [6, 6.07) is 16.3. The lowest BCUT2D eigenvalue weighted by atomic mass is 10.1. The van der Waals surface area contributed by atoms with E-state index in [1.165, 1.54) is 0 Å². The van der Waals surface area contributed by atoms with E-state index in [2.05, 4.69) is 0 Å². The second-order valence-electron chi connectivity index (χ2n) is 7.85. The number of amides is 2. The molecule has 1 atom stereocenters. The van der Waals surface area contributed by atoms with Gasteiger partial charge in [-0.15, -0.1) is 0 Å². The number of nitrogens with zero attached hydrogens (tertiary/aromatic N) is 2. The van der Waals surface area contributed by atoms with E-state index in [9.17, 15) is 14.4 Å². The second-order valence-corrected chi connectivity index (χ2v) is 7.85. The Morgan fingerprint density at radius 3 is 2.40 bits per heavy atom. The molecule has 2 heterocycles. The van der Waals surface area contributed by atoms with Gasteiger partial charge in [0.15, 0.2) is 0 Å². The molecule has 2 fully saturated rings. The number of rotatable bonds is 6. The molecule has 6 nitrogen and oxygen atoms in total. The van der Waals surface area contributed by atoms with Gasteiger partial charge in [0.2, 0.25) is 12.0 Å². The van der Waals surface area contributed by atoms with E-state index in [4.69, 9.17) is 4.74 Å². The number of hydrogen-bond acceptors (Lipinski definition) is 4. The molecule has 0 aromatic heterocycles. The molecule has 0 saturated carbocycles. The first kappa shape index (κ1) is 20.1. The summed E-state index contributed by atoms with van der Waals surface area (Å²) < 4.78 is 5.73. The molecule has 1 unspecified atom stereocenters. The largest absolute Gasteiger partial charge is 0.444 e. The molecule has 2 amide bonds. The van der Waals surface area contributed by atoms with Gasteiger partial charge in [0, 0.05) is 38.2 Å². The molecule has 6 heteroatoms. The van der Waals surface area contributed by atoms with Gasteiger partial charge in [-0.2, -0.15) is 0 Å². The first-order chi connectivity index (χ1) is 14.6. The van der Waals surface area contributed by atoms with Crippen molar-refractivity contribution in [1.29, 1.82) is 0 Å². The summed E-state index contributed by atoms with van der Waals surface area (Å²) in [5.41, 5.74) is 1.93. The highest BCUT2D eigenvalue weighted by molar-refractivity contribution is 5.93. The Balaban J connectivity index is 1.51. The summed E-state index contributed by atoms with van der Waals surface area (Å²) in [5.74, 6) is -0.569. The fraction of sp³-hybridized carbons (Fsp3) is 0.375. The molecule has 0 spiro atoms. The van der Waals surface area contributed by atoms with Crippen LogP contribution in [0.25, 0.3) is 0 Å². The van der Waals surface area contributed by atoms with Crippen molar-refractivity contribution in [2.75, 3.05) is 19.6 Å². The van der Waals surface area contributed by atoms with Crippen molar-refractivity contribution in [3.05, 3.63) is 71.3 Å². The molecule has 2 aliphatic rings. The van der Waals surface area contributed by atoms with Crippen LogP contribution in [0.5, 0.6) is 0 Å². The van der Waals surface area contributed by atoms with Crippen LogP contribution in [-0.2, 0) is 20.9 Å². The van der Waals surface area contributed by atoms with Gasteiger partial charge in [0.25, 0.3) is 5.91 Å². The van der Waals surface area contributed by atoms with Crippen LogP contribution < -0.4 is 0 Å². The summed E-state index contributed by atoms with van der Waals surface area (Å²) in [4.78, 5) is 41.4. The maximum atomic E-state index is 13.1. The SMILES string of the molecule is O=C(OC(C(=O)N1CCCC1)c1ccccc1)c1cccc(CN2CCCC2=O)c1. The van der Waals surface area contributed by atoms with Gasteiger partial charge in [-0.05, 0) is 37.0 Å². The predicted molar refractivity (Wildman–Crippen MR) is 112 cm³/mol. The van der Waals surface area contributed by atoms with Crippen LogP contribution >= 0.6 is 0 Å². The first-order valence-electron chi connectivity index (χ1n) is 10.5. The first-order valence-corrected chi connectivity index (χ1v) is 10.5. The van der Waals surface area contributed by atoms with E-state index in [0.29, 0.717) is 37.2 Å². The summed E-state index contributed by atoms with van der Waals surface area (Å²) in [6.45, 7) is 2.61. The lowest BCUT2D eigenvalue weighted by Crippen LogP contribution is -2.34. The Bertz CT molecular complexity index is 922. The topological polar surface area (TPSA) is 66.9 Å². The molecule has 2 aromatic carbocycles. The van der Waals surface area contributed by atoms with Crippen molar-refractivity contribution in [2.45, 2.75) is 38.3 Å². The highest BCUT2D eigenvalue weighted by atomic mass is 16.5. The number of carbonyl (C=O) groups excluding carboxylic acids is 3. The van der Waals surface area contributed by atoms with Crippen molar-refractivity contribution in [3.8, 4) is 0 Å². The number of hydrogen-bond donors (Lipinski definition) is 0. The van der Waals surface area contributed by atoms with Crippen LogP contribution in [0.2, 0.25) is 0 Å². The predicted octanol–water partition coefficient (Wildman–Crippen LogP) is 3.33. The molecule has 30 heavy (non-hydrogen) atoms. The van der Waals surface area contributed by atoms with E-state index < -0.39 is 12.1 Å². The lowest BCUT2D eigenvalue weighted by molar-refractivity contribution is -0.140. The lowest BCUT2D eigenvalue weighted by Gasteiger charge is -2.23. The zero-order valence-electron chi connectivity index (χ0n) is 17.0. The molecular formula is C24H26N2O4. The summed E-state index contributed by atoms with van der Waals surface area (Å²) in [6.07, 6.45) is 2.44. The number of benzene rings is 2. The van der Waals surface area contributed by atoms with Crippen molar-refractivity contribution in [1.82, 2.24) is 9.80 Å². The zero-order valence-corrected chi connectivity index (χ0v) is 17.0. The Morgan fingerprint density at radius 1 is 0.933 bits per heavy atom. The van der Waals surface area contributed by atoms with Crippen LogP contribution in [0.4, 0.5) is 0 Å². The summed E-state index contributed by atoms with van der Waals surface area (Å²) >= 11 is 0. The maximum absolute atomic E-state index is 13.1. The van der Waals surface area contributed by atoms with Gasteiger partial charge in [0.05, 0.1) is 5.56 Å². The highest BCUT2D eigenvalue weighted by Crippen LogP contribution is 2.24. The van der Waals surface area contributed by atoms with Gasteiger partial charge in [-0.25, -0.2) is 4.79 Å². The average Bonchev–Trinajstić information content (AvgIpc) is 3.45. The molecular weight excluding hydrogens is 380 g/mol. The maximum Gasteiger partial charge on any atom is 0.339 e. The standard InChI is InChI=1S/C24H26N2O4/c27-21-12-7-15-26(21)17-18-8-6-11-20(16-18)24(29)30-22(19-9-2-1-3-10-19)23(28)25-13-4-5-14-25/h1-3,6,8-11,16,22H,4-5,7,12-15,17H2. The number of likely N-dealkylation sites (tertiary alicyclic amines) is 2. The van der Waals surface area contributed by atoms with Crippen LogP contribution in [0.1, 0.15) is 53.3 Å². The number of carbonyl (C=O) groups is 3. The second kappa shape index (κ2) is 9.11. The van der Waals surface area contributed by atoms with E-state index >= 15 is 0 Å². The molecule has 2 aliphatic heterocycles. The van der Waals surface area contributed by atoms with Crippen LogP contribution in [0.3, 0.4) is 0 Å². The van der Waals surface area contributed by atoms with Crippen LogP contribution in [0.15, 0.2) is 54.6 Å². The molecule has 0 N–H and O–H groups in total. The van der Waals surface area contributed by atoms with Gasteiger partial charge in [-0.1, -0.05) is 42.5 Å². The van der Waals surface area contributed by atoms with Crippen molar-refractivity contribution in [3.63, 3.8) is 0 Å². The number of ether oxygens (including phenoxy) is 1. The molecule has 2 aromatic rings. The Morgan fingerprint density at radius 2 is 1.70 bits per heavy atom. The van der Waals surface area contributed by atoms with E-state index in [-0.39, 0.29) is 11.8 Å². The van der Waals surface area contributed by atoms with Crippen LogP contribution in [0, 0.1) is 0 Å². The zero-order chi connectivity index (χ0) is 20.9. The third-order valence-electron chi connectivity index (χ3n) is 5.68. The minimum Gasteiger partial charge on any atom is -0.444 e. The fourth-order valence-corrected chi connectivity index (χ4v) is 4.06. The van der Waals surface area contributed by atoms with Gasteiger partial charge >= 0.3 is 5.97 Å². The number of esters is 1. The highest BCUT2D eigenvalue weighted by Gasteiger charge is 2.31. The summed E-state index contributed by atoms with van der Waals surface area (Å²) in [5, 5.41) is 0. The molecule has 0 bridgehead atoms. The van der Waals surface area contributed by atoms with E-state index in [1.807, 2.05) is 24.3 Å². The molecule has 0 aliphatic carbocycles. The molecule has 156 valence electrons. The normalized spacial score (nSPS) is 17.3. The molecule has 0 radical (unpaired) electrons. The Hall–Kier alpha value is -3.15. The minimum atomic E-state index is -0.958. The fourth-order valence-electron chi connectivity index (χ4n) is 4.06. The monoisotopic (exact) mass is 406 g/mol. The Kier molecular flexibility index (Phi) is 6.12. The summed E-state index contributed by atoms with van der Waals surface area (Å²) in [7, 11) is 0. The van der Waals surface area contributed by atoms with Gasteiger partial charge in [0.1, 0.15) is 0 Å². The third kappa shape index (κ3) is 4.53. The third-order valence-corrected chi connectivity index (χ3v) is 5.68. The average molecular weight is 406 g/mol.